The Kier molecular flexibility index (Phi) is 6.05. The number of anilines is 1. The molecule has 146 valence electrons. The number of carbonyl (C=O) groups is 1. The molecule has 3 nitrogen and oxygen atoms in total. The van der Waals surface area contributed by atoms with Gasteiger partial charge in [-0.1, -0.05) is 13.8 Å². The highest BCUT2D eigenvalue weighted by molar-refractivity contribution is 7.98. The fourth-order valence-electron chi connectivity index (χ4n) is 3.86. The molecule has 0 aromatic heterocycles. The van der Waals surface area contributed by atoms with E-state index in [9.17, 15) is 4.79 Å². The maximum atomic E-state index is 11.4. The number of carbonyl (C=O) groups excluding carboxylic acids is 1. The van der Waals surface area contributed by atoms with Gasteiger partial charge in [-0.25, -0.2) is 0 Å². The van der Waals surface area contributed by atoms with Gasteiger partial charge in [0.05, 0.1) is 0 Å². The van der Waals surface area contributed by atoms with E-state index in [1.54, 1.807) is 11.8 Å². The van der Waals surface area contributed by atoms with Crippen LogP contribution in [0.25, 0.3) is 5.57 Å². The zero-order valence-corrected chi connectivity index (χ0v) is 18.1. The first-order valence-corrected chi connectivity index (χ1v) is 11.1. The van der Waals surface area contributed by atoms with Crippen LogP contribution in [-0.4, -0.2) is 37.6 Å². The van der Waals surface area contributed by atoms with Crippen LogP contribution in [0.3, 0.4) is 0 Å². The average Bonchev–Trinajstić information content (AvgIpc) is 3.42. The van der Waals surface area contributed by atoms with Crippen LogP contribution in [0.1, 0.15) is 45.6 Å². The summed E-state index contributed by atoms with van der Waals surface area (Å²) in [6.07, 6.45) is 8.83. The Hall–Kier alpha value is -1.68. The van der Waals surface area contributed by atoms with E-state index in [-0.39, 0.29) is 5.41 Å². The van der Waals surface area contributed by atoms with E-state index in [4.69, 9.17) is 0 Å². The Morgan fingerprint density at radius 2 is 2.11 bits per heavy atom. The van der Waals surface area contributed by atoms with E-state index in [1.165, 1.54) is 40.3 Å². The average molecular weight is 385 g/mol. The zero-order chi connectivity index (χ0) is 19.6. The highest BCUT2D eigenvalue weighted by atomic mass is 32.2. The van der Waals surface area contributed by atoms with Crippen molar-refractivity contribution in [2.24, 2.45) is 11.3 Å². The van der Waals surface area contributed by atoms with Crippen molar-refractivity contribution in [2.45, 2.75) is 44.9 Å². The summed E-state index contributed by atoms with van der Waals surface area (Å²) in [4.78, 5) is 15.0. The molecule has 1 aromatic carbocycles. The lowest BCUT2D eigenvalue weighted by molar-refractivity contribution is -0.104. The van der Waals surface area contributed by atoms with Gasteiger partial charge < -0.3 is 10.2 Å². The molecule has 1 N–H and O–H groups in total. The largest absolute Gasteiger partial charge is 0.384 e. The van der Waals surface area contributed by atoms with E-state index in [2.05, 4.69) is 61.6 Å². The summed E-state index contributed by atoms with van der Waals surface area (Å²) in [5.74, 6) is 0.814. The molecular weight excluding hydrogens is 352 g/mol. The number of allylic oxidation sites excluding steroid dienone is 4. The van der Waals surface area contributed by atoms with Gasteiger partial charge in [-0.15, -0.1) is 11.8 Å². The van der Waals surface area contributed by atoms with Crippen LogP contribution in [-0.2, 0) is 4.79 Å². The number of benzene rings is 1. The van der Waals surface area contributed by atoms with E-state index in [0.717, 1.165) is 37.3 Å². The number of rotatable bonds is 7. The predicted octanol–water partition coefficient (Wildman–Crippen LogP) is 5.45. The summed E-state index contributed by atoms with van der Waals surface area (Å²) in [5, 5.41) is 3.68. The van der Waals surface area contributed by atoms with Crippen molar-refractivity contribution in [2.75, 3.05) is 31.7 Å². The summed E-state index contributed by atoms with van der Waals surface area (Å²) in [6, 6.07) is 6.66. The molecule has 27 heavy (non-hydrogen) atoms. The van der Waals surface area contributed by atoms with E-state index in [1.807, 2.05) is 6.92 Å². The molecule has 0 unspecified atom stereocenters. The van der Waals surface area contributed by atoms with Crippen molar-refractivity contribution in [1.29, 1.82) is 0 Å². The molecule has 2 aliphatic rings. The number of thioether (sulfide) groups is 1. The minimum atomic E-state index is 0.247. The highest BCUT2D eigenvalue weighted by Gasteiger charge is 2.33. The molecule has 0 atom stereocenters. The molecule has 0 spiro atoms. The summed E-state index contributed by atoms with van der Waals surface area (Å²) in [7, 11) is 2.17. The minimum absolute atomic E-state index is 0.247. The molecule has 4 heteroatoms. The number of aldehydes is 1. The SMILES string of the molecule is CSc1ccc(NCC2CC2)c(C(/C=C(/C)C=O)=C2\CC(C)(C)CN2C)c1. The van der Waals surface area contributed by atoms with Gasteiger partial charge in [-0.2, -0.15) is 0 Å². The molecule has 0 bridgehead atoms. The second-order valence-corrected chi connectivity index (χ2v) is 9.68. The van der Waals surface area contributed by atoms with Crippen LogP contribution in [0, 0.1) is 11.3 Å². The standard InChI is InChI=1S/C23H32N2OS/c1-16(14-26)10-20(22-12-23(2,3)15-25(22)4)19-11-18(27-5)8-9-21(19)24-13-17-6-7-17/h8-11,14,17,24H,6-7,12-13,15H2,1-5H3/b16-10-,22-20+. The van der Waals surface area contributed by atoms with E-state index < -0.39 is 0 Å². The van der Waals surface area contributed by atoms with Crippen LogP contribution in [0.2, 0.25) is 0 Å². The molecule has 1 saturated heterocycles. The van der Waals surface area contributed by atoms with Gasteiger partial charge in [0.2, 0.25) is 0 Å². The van der Waals surface area contributed by atoms with Crippen molar-refractivity contribution in [3.63, 3.8) is 0 Å². The first-order valence-electron chi connectivity index (χ1n) is 9.83. The molecule has 1 aromatic rings. The number of likely N-dealkylation sites (tertiary alicyclic amines) is 1. The topological polar surface area (TPSA) is 32.3 Å². The quantitative estimate of drug-likeness (QED) is 0.385. The van der Waals surface area contributed by atoms with Gasteiger partial charge in [-0.3, -0.25) is 4.79 Å². The normalized spacial score (nSPS) is 21.4. The van der Waals surface area contributed by atoms with Gasteiger partial charge in [0.25, 0.3) is 0 Å². The van der Waals surface area contributed by atoms with Crippen molar-refractivity contribution >= 4 is 29.3 Å². The van der Waals surface area contributed by atoms with E-state index >= 15 is 0 Å². The third kappa shape index (κ3) is 4.98. The number of nitrogens with zero attached hydrogens (tertiary/aromatic N) is 1. The van der Waals surface area contributed by atoms with Crippen LogP contribution in [0.4, 0.5) is 5.69 Å². The highest BCUT2D eigenvalue weighted by Crippen LogP contribution is 2.42. The lowest BCUT2D eigenvalue weighted by Crippen LogP contribution is -2.18. The number of hydrogen-bond donors (Lipinski definition) is 1. The maximum Gasteiger partial charge on any atom is 0.145 e. The number of nitrogens with one attached hydrogen (secondary N) is 1. The molecule has 1 aliphatic heterocycles. The summed E-state index contributed by atoms with van der Waals surface area (Å²) >= 11 is 1.76. The van der Waals surface area contributed by atoms with Crippen LogP contribution >= 0.6 is 11.8 Å². The second kappa shape index (κ2) is 8.14. The monoisotopic (exact) mass is 384 g/mol. The molecule has 0 amide bonds. The van der Waals surface area contributed by atoms with Crippen molar-refractivity contribution < 1.29 is 4.79 Å². The summed E-state index contributed by atoms with van der Waals surface area (Å²) in [6.45, 7) is 8.59. The van der Waals surface area contributed by atoms with Crippen molar-refractivity contribution in [3.05, 3.63) is 41.1 Å². The van der Waals surface area contributed by atoms with E-state index in [0.29, 0.717) is 0 Å². The third-order valence-electron chi connectivity index (χ3n) is 5.44. The summed E-state index contributed by atoms with van der Waals surface area (Å²) < 4.78 is 0. The Morgan fingerprint density at radius 3 is 2.67 bits per heavy atom. The van der Waals surface area contributed by atoms with Gasteiger partial charge in [-0.05, 0) is 73.6 Å². The van der Waals surface area contributed by atoms with Gasteiger partial charge in [0, 0.05) is 47.6 Å². The Balaban J connectivity index is 2.12. The molecule has 1 heterocycles. The Morgan fingerprint density at radius 1 is 1.37 bits per heavy atom. The minimum Gasteiger partial charge on any atom is -0.384 e. The van der Waals surface area contributed by atoms with Gasteiger partial charge >= 0.3 is 0 Å². The maximum absolute atomic E-state index is 11.4. The third-order valence-corrected chi connectivity index (χ3v) is 6.16. The molecule has 1 saturated carbocycles. The van der Waals surface area contributed by atoms with Crippen molar-refractivity contribution in [1.82, 2.24) is 4.90 Å². The zero-order valence-electron chi connectivity index (χ0n) is 17.3. The Bertz CT molecular complexity index is 775. The molecular formula is C23H32N2OS. The van der Waals surface area contributed by atoms with Crippen molar-refractivity contribution in [3.8, 4) is 0 Å². The molecule has 1 aliphatic carbocycles. The molecule has 0 radical (unpaired) electrons. The van der Waals surface area contributed by atoms with Gasteiger partial charge in [0.15, 0.2) is 0 Å². The smallest absolute Gasteiger partial charge is 0.145 e. The van der Waals surface area contributed by atoms with Crippen LogP contribution in [0.15, 0.2) is 40.4 Å². The first kappa shape index (κ1) is 20.1. The first-order chi connectivity index (χ1) is 12.8. The fourth-order valence-corrected chi connectivity index (χ4v) is 4.30. The fraction of sp³-hybridized carbons (Fsp3) is 0.522. The lowest BCUT2D eigenvalue weighted by Gasteiger charge is -2.21. The molecule has 2 fully saturated rings. The predicted molar refractivity (Wildman–Crippen MR) is 117 cm³/mol. The van der Waals surface area contributed by atoms with Crippen LogP contribution < -0.4 is 5.32 Å². The lowest BCUT2D eigenvalue weighted by atomic mass is 9.89. The van der Waals surface area contributed by atoms with Crippen LogP contribution in [0.5, 0.6) is 0 Å². The number of hydrogen-bond acceptors (Lipinski definition) is 4. The van der Waals surface area contributed by atoms with Gasteiger partial charge in [0.1, 0.15) is 6.29 Å². The summed E-state index contributed by atoms with van der Waals surface area (Å²) in [5.41, 5.74) is 5.91. The molecule has 3 rings (SSSR count). The second-order valence-electron chi connectivity index (χ2n) is 8.80. The Labute approximate surface area is 168 Å².